The molecule has 0 fully saturated rings. The molecular weight excluding hydrogens is 410 g/mol. The molecule has 0 bridgehead atoms. The fourth-order valence-corrected chi connectivity index (χ4v) is 3.30. The first kappa shape index (κ1) is 20.9. The molecule has 0 aliphatic carbocycles. The number of hydrogen-bond donors (Lipinski definition) is 2. The van der Waals surface area contributed by atoms with Crippen molar-refractivity contribution in [1.29, 1.82) is 10.5 Å². The number of methoxy groups -OCH3 is 1. The van der Waals surface area contributed by atoms with E-state index >= 15 is 0 Å². The number of thioether (sulfide) groups is 1. The normalized spacial score (nSPS) is 10.4. The van der Waals surface area contributed by atoms with Crippen molar-refractivity contribution in [2.45, 2.75) is 11.6 Å². The van der Waals surface area contributed by atoms with E-state index in [1.54, 1.807) is 19.2 Å². The highest BCUT2D eigenvalue weighted by atomic mass is 32.2. The van der Waals surface area contributed by atoms with Crippen molar-refractivity contribution in [3.63, 3.8) is 0 Å². The Kier molecular flexibility index (Phi) is 6.64. The summed E-state index contributed by atoms with van der Waals surface area (Å²) < 4.78 is 16.8. The third kappa shape index (κ3) is 4.57. The van der Waals surface area contributed by atoms with Crippen molar-refractivity contribution in [1.82, 2.24) is 10.3 Å². The van der Waals surface area contributed by atoms with Crippen LogP contribution in [0.4, 0.5) is 11.7 Å². The predicted molar refractivity (Wildman–Crippen MR) is 104 cm³/mol. The van der Waals surface area contributed by atoms with Crippen LogP contribution in [0.25, 0.3) is 11.3 Å². The molecule has 0 aliphatic heterocycles. The van der Waals surface area contributed by atoms with Crippen molar-refractivity contribution in [2.75, 3.05) is 30.5 Å². The molecule has 3 aromatic heterocycles. The minimum Gasteiger partial charge on any atom is -0.464 e. The molecule has 3 N–H and O–H groups in total. The SMILES string of the molecule is COCC[n+]1cc(NC(=O)CSc2nc(N)c(C#N)c(-c3ccco3)c2C#N)on1. The zero-order valence-electron chi connectivity index (χ0n) is 15.8. The number of carbonyl (C=O) groups excluding carboxylic acids is 1. The lowest BCUT2D eigenvalue weighted by Gasteiger charge is -2.10. The maximum Gasteiger partial charge on any atom is 0.302 e. The monoisotopic (exact) mass is 426 g/mol. The van der Waals surface area contributed by atoms with Gasteiger partial charge in [-0.1, -0.05) is 11.8 Å². The maximum absolute atomic E-state index is 12.3. The topological polar surface area (TPSA) is 168 Å². The number of nitrogens with zero attached hydrogens (tertiary/aromatic N) is 5. The van der Waals surface area contributed by atoms with Crippen LogP contribution in [-0.4, -0.2) is 35.6 Å². The fraction of sp³-hybridized carbons (Fsp3) is 0.222. The summed E-state index contributed by atoms with van der Waals surface area (Å²) in [5.41, 5.74) is 6.29. The predicted octanol–water partition coefficient (Wildman–Crippen LogP) is 1.32. The first-order valence-corrected chi connectivity index (χ1v) is 9.51. The lowest BCUT2D eigenvalue weighted by atomic mass is 10.0. The van der Waals surface area contributed by atoms with Crippen LogP contribution in [0.2, 0.25) is 0 Å². The molecule has 152 valence electrons. The van der Waals surface area contributed by atoms with Crippen LogP contribution in [0.1, 0.15) is 11.1 Å². The Morgan fingerprint density at radius 1 is 1.40 bits per heavy atom. The highest BCUT2D eigenvalue weighted by Crippen LogP contribution is 2.35. The first-order valence-electron chi connectivity index (χ1n) is 8.53. The van der Waals surface area contributed by atoms with Gasteiger partial charge in [-0.05, 0) is 16.8 Å². The van der Waals surface area contributed by atoms with Gasteiger partial charge >= 0.3 is 5.88 Å². The van der Waals surface area contributed by atoms with Crippen LogP contribution in [0, 0.1) is 22.7 Å². The zero-order valence-corrected chi connectivity index (χ0v) is 16.6. The number of amides is 1. The number of aromatic nitrogens is 3. The summed E-state index contributed by atoms with van der Waals surface area (Å²) in [6.07, 6.45) is 2.94. The minimum atomic E-state index is -0.400. The van der Waals surface area contributed by atoms with E-state index in [4.69, 9.17) is 19.4 Å². The molecule has 0 saturated carbocycles. The number of anilines is 2. The smallest absolute Gasteiger partial charge is 0.302 e. The Morgan fingerprint density at radius 2 is 2.20 bits per heavy atom. The lowest BCUT2D eigenvalue weighted by molar-refractivity contribution is -0.763. The summed E-state index contributed by atoms with van der Waals surface area (Å²) in [6, 6.07) is 7.22. The second-order valence-corrected chi connectivity index (χ2v) is 6.75. The number of ether oxygens (including phenoxy) is 1. The maximum atomic E-state index is 12.3. The number of nitrogens with one attached hydrogen (secondary N) is 1. The van der Waals surface area contributed by atoms with Gasteiger partial charge in [-0.2, -0.15) is 10.5 Å². The highest BCUT2D eigenvalue weighted by molar-refractivity contribution is 8.00. The van der Waals surface area contributed by atoms with E-state index in [9.17, 15) is 15.3 Å². The number of nitrogens with two attached hydrogens (primary N) is 1. The number of nitrogen functional groups attached to an aromatic ring is 1. The van der Waals surface area contributed by atoms with E-state index in [-0.39, 0.29) is 39.2 Å². The van der Waals surface area contributed by atoms with Gasteiger partial charge in [-0.25, -0.2) is 4.98 Å². The molecule has 0 spiro atoms. The third-order valence-electron chi connectivity index (χ3n) is 3.82. The van der Waals surface area contributed by atoms with Gasteiger partial charge in [0.15, 0.2) is 0 Å². The second-order valence-electron chi connectivity index (χ2n) is 5.79. The van der Waals surface area contributed by atoms with Crippen molar-refractivity contribution in [3.8, 4) is 23.5 Å². The van der Waals surface area contributed by atoms with Crippen molar-refractivity contribution in [3.05, 3.63) is 35.7 Å². The number of hydrogen-bond acceptors (Lipinski definition) is 10. The molecule has 3 rings (SSSR count). The largest absolute Gasteiger partial charge is 0.464 e. The van der Waals surface area contributed by atoms with Crippen LogP contribution in [-0.2, 0) is 16.1 Å². The lowest BCUT2D eigenvalue weighted by Crippen LogP contribution is -2.36. The standard InChI is InChI=1S/C18H15N7O4S/c1-27-6-4-25-9-15(29-24-25)22-14(26)10-30-18-12(8-20)16(13-3-2-5-28-13)11(7-19)17(21)23-18/h2-3,5,9H,4,6,10H2,1H3,(H2-,21,22,23,24,26)/p+1. The summed E-state index contributed by atoms with van der Waals surface area (Å²) in [7, 11) is 1.57. The zero-order chi connectivity index (χ0) is 21.5. The van der Waals surface area contributed by atoms with Gasteiger partial charge in [0.1, 0.15) is 40.9 Å². The number of pyridine rings is 1. The Labute approximate surface area is 175 Å². The molecule has 0 radical (unpaired) electrons. The van der Waals surface area contributed by atoms with Gasteiger partial charge in [0.25, 0.3) is 6.20 Å². The van der Waals surface area contributed by atoms with Crippen LogP contribution in [0.5, 0.6) is 0 Å². The first-order chi connectivity index (χ1) is 14.6. The Balaban J connectivity index is 1.77. The quantitative estimate of drug-likeness (QED) is 0.396. The molecule has 11 nitrogen and oxygen atoms in total. The average Bonchev–Trinajstić information content (AvgIpc) is 3.42. The Morgan fingerprint density at radius 3 is 2.87 bits per heavy atom. The van der Waals surface area contributed by atoms with Gasteiger partial charge in [0.2, 0.25) is 17.7 Å². The molecule has 0 atom stereocenters. The molecular formula is C18H16N7O4S+. The molecule has 3 aromatic rings. The summed E-state index contributed by atoms with van der Waals surface area (Å²) in [4.78, 5) is 16.4. The molecule has 0 saturated heterocycles. The number of furan rings is 1. The van der Waals surface area contributed by atoms with E-state index in [1.165, 1.54) is 17.1 Å². The van der Waals surface area contributed by atoms with E-state index in [0.717, 1.165) is 11.8 Å². The molecule has 12 heteroatoms. The van der Waals surface area contributed by atoms with Crippen LogP contribution in [0.15, 0.2) is 38.6 Å². The third-order valence-corrected chi connectivity index (χ3v) is 4.80. The second kappa shape index (κ2) is 9.56. The highest BCUT2D eigenvalue weighted by Gasteiger charge is 2.23. The summed E-state index contributed by atoms with van der Waals surface area (Å²) >= 11 is 0.999. The summed E-state index contributed by atoms with van der Waals surface area (Å²) in [6.45, 7) is 0.918. The van der Waals surface area contributed by atoms with Crippen molar-refractivity contribution in [2.24, 2.45) is 0 Å². The molecule has 3 heterocycles. The van der Waals surface area contributed by atoms with Gasteiger partial charge < -0.3 is 14.9 Å². The summed E-state index contributed by atoms with van der Waals surface area (Å²) in [5, 5.41) is 25.6. The van der Waals surface area contributed by atoms with Gasteiger partial charge in [0, 0.05) is 7.11 Å². The van der Waals surface area contributed by atoms with E-state index in [2.05, 4.69) is 15.6 Å². The average molecular weight is 426 g/mol. The number of carbonyl (C=O) groups is 1. The minimum absolute atomic E-state index is 0.0394. The molecule has 30 heavy (non-hydrogen) atoms. The fourth-order valence-electron chi connectivity index (χ4n) is 2.50. The van der Waals surface area contributed by atoms with E-state index < -0.39 is 5.91 Å². The van der Waals surface area contributed by atoms with Gasteiger partial charge in [-0.15, -0.1) is 0 Å². The number of rotatable bonds is 8. The molecule has 0 aliphatic rings. The van der Waals surface area contributed by atoms with Gasteiger partial charge in [0.05, 0.1) is 23.1 Å². The molecule has 0 unspecified atom stereocenters. The Bertz CT molecular complexity index is 1130. The van der Waals surface area contributed by atoms with E-state index in [1.807, 2.05) is 12.1 Å². The summed E-state index contributed by atoms with van der Waals surface area (Å²) in [5.74, 6) is -0.0568. The van der Waals surface area contributed by atoms with Crippen molar-refractivity contribution < 1.29 is 23.2 Å². The van der Waals surface area contributed by atoms with Crippen LogP contribution >= 0.6 is 11.8 Å². The van der Waals surface area contributed by atoms with Crippen LogP contribution < -0.4 is 15.7 Å². The number of nitriles is 2. The van der Waals surface area contributed by atoms with Gasteiger partial charge in [-0.3, -0.25) is 14.6 Å². The van der Waals surface area contributed by atoms with E-state index in [0.29, 0.717) is 18.9 Å². The van der Waals surface area contributed by atoms with Crippen molar-refractivity contribution >= 4 is 29.4 Å². The molecule has 1 amide bonds. The Hall–Kier alpha value is -3.87. The molecule has 0 aromatic carbocycles. The van der Waals surface area contributed by atoms with Crippen LogP contribution in [0.3, 0.4) is 0 Å².